The van der Waals surface area contributed by atoms with Crippen molar-refractivity contribution in [3.63, 3.8) is 0 Å². The lowest BCUT2D eigenvalue weighted by atomic mass is 10.2. The molecule has 1 aliphatic rings. The van der Waals surface area contributed by atoms with Crippen LogP contribution in [0, 0.1) is 0 Å². The molecule has 2 aromatic carbocycles. The Balaban J connectivity index is 1.51. The van der Waals surface area contributed by atoms with E-state index in [0.717, 1.165) is 29.7 Å². The van der Waals surface area contributed by atoms with Gasteiger partial charge in [-0.3, -0.25) is 10.1 Å². The molecule has 22 heavy (non-hydrogen) atoms. The van der Waals surface area contributed by atoms with Crippen LogP contribution in [0.25, 0.3) is 0 Å². The lowest BCUT2D eigenvalue weighted by Crippen LogP contribution is -2.43. The molecule has 0 heterocycles. The van der Waals surface area contributed by atoms with Crippen LogP contribution >= 0.6 is 0 Å². The number of benzene rings is 2. The first-order valence-electron chi connectivity index (χ1n) is 7.49. The van der Waals surface area contributed by atoms with Crippen molar-refractivity contribution < 1.29 is 9.53 Å². The Morgan fingerprint density at radius 2 is 1.73 bits per heavy atom. The zero-order valence-corrected chi connectivity index (χ0v) is 12.4. The van der Waals surface area contributed by atoms with Crippen LogP contribution in [0.2, 0.25) is 0 Å². The van der Waals surface area contributed by atoms with Gasteiger partial charge in [-0.25, -0.2) is 0 Å². The Labute approximate surface area is 130 Å². The first-order chi connectivity index (χ1) is 10.7. The molecule has 0 aromatic heterocycles. The van der Waals surface area contributed by atoms with Crippen molar-refractivity contribution in [3.05, 3.63) is 65.7 Å². The van der Waals surface area contributed by atoms with E-state index in [1.165, 1.54) is 0 Å². The van der Waals surface area contributed by atoms with E-state index in [9.17, 15) is 4.79 Å². The number of rotatable bonds is 7. The smallest absolute Gasteiger partial charge is 0.237 e. The number of ether oxygens (including phenoxy) is 1. The summed E-state index contributed by atoms with van der Waals surface area (Å²) in [4.78, 5) is 11.3. The van der Waals surface area contributed by atoms with Crippen molar-refractivity contribution in [2.45, 2.75) is 31.5 Å². The number of hydrogen-bond acceptors (Lipinski definition) is 3. The van der Waals surface area contributed by atoms with Crippen LogP contribution in [0.15, 0.2) is 54.6 Å². The van der Waals surface area contributed by atoms with Gasteiger partial charge in [0.25, 0.3) is 0 Å². The highest BCUT2D eigenvalue weighted by Gasteiger charge is 2.47. The monoisotopic (exact) mass is 296 g/mol. The van der Waals surface area contributed by atoms with Crippen LogP contribution in [0.4, 0.5) is 0 Å². The molecule has 4 nitrogen and oxygen atoms in total. The Kier molecular flexibility index (Phi) is 4.11. The summed E-state index contributed by atoms with van der Waals surface area (Å²) in [5.41, 5.74) is 7.18. The third kappa shape index (κ3) is 3.46. The lowest BCUT2D eigenvalue weighted by Gasteiger charge is -2.13. The summed E-state index contributed by atoms with van der Waals surface area (Å²) in [6.07, 6.45) is 1.67. The fraction of sp³-hybridized carbons (Fsp3) is 0.278. The van der Waals surface area contributed by atoms with Crippen LogP contribution in [-0.2, 0) is 17.9 Å². The van der Waals surface area contributed by atoms with Gasteiger partial charge in [-0.15, -0.1) is 0 Å². The van der Waals surface area contributed by atoms with Crippen LogP contribution in [-0.4, -0.2) is 11.4 Å². The Hall–Kier alpha value is -2.33. The van der Waals surface area contributed by atoms with Crippen LogP contribution in [0.5, 0.6) is 5.75 Å². The van der Waals surface area contributed by atoms with Crippen molar-refractivity contribution in [2.24, 2.45) is 5.73 Å². The molecule has 0 unspecified atom stereocenters. The minimum absolute atomic E-state index is 0.254. The van der Waals surface area contributed by atoms with E-state index in [4.69, 9.17) is 10.5 Å². The minimum Gasteiger partial charge on any atom is -0.489 e. The number of carbonyl (C=O) groups excluding carboxylic acids is 1. The highest BCUT2D eigenvalue weighted by Crippen LogP contribution is 2.35. The number of nitrogens with one attached hydrogen (secondary N) is 1. The summed E-state index contributed by atoms with van der Waals surface area (Å²) in [5.74, 6) is 0.582. The summed E-state index contributed by atoms with van der Waals surface area (Å²) in [7, 11) is 0. The average Bonchev–Trinajstić information content (AvgIpc) is 3.34. The van der Waals surface area contributed by atoms with Crippen LogP contribution in [0.1, 0.15) is 24.0 Å². The molecule has 1 amide bonds. The molecule has 2 aromatic rings. The number of nitrogens with two attached hydrogens (primary N) is 1. The Morgan fingerprint density at radius 1 is 1.05 bits per heavy atom. The number of carbonyl (C=O) groups is 1. The fourth-order valence-corrected chi connectivity index (χ4v) is 2.35. The van der Waals surface area contributed by atoms with Crippen molar-refractivity contribution >= 4 is 5.91 Å². The third-order valence-corrected chi connectivity index (χ3v) is 4.02. The molecule has 0 aliphatic heterocycles. The molecule has 114 valence electrons. The van der Waals surface area contributed by atoms with E-state index in [2.05, 4.69) is 5.32 Å². The van der Waals surface area contributed by atoms with E-state index in [1.54, 1.807) is 0 Å². The fourth-order valence-electron chi connectivity index (χ4n) is 2.35. The van der Waals surface area contributed by atoms with Gasteiger partial charge in [0.1, 0.15) is 12.4 Å². The normalized spacial score (nSPS) is 15.3. The average molecular weight is 296 g/mol. The maximum atomic E-state index is 11.3. The van der Waals surface area contributed by atoms with E-state index >= 15 is 0 Å². The maximum Gasteiger partial charge on any atom is 0.237 e. The second kappa shape index (κ2) is 6.20. The second-order valence-corrected chi connectivity index (χ2v) is 5.72. The van der Waals surface area contributed by atoms with Gasteiger partial charge < -0.3 is 10.5 Å². The lowest BCUT2D eigenvalue weighted by molar-refractivity contribution is -0.121. The molecule has 3 rings (SSSR count). The zero-order valence-electron chi connectivity index (χ0n) is 12.4. The van der Waals surface area contributed by atoms with Gasteiger partial charge in [-0.2, -0.15) is 0 Å². The first-order valence-corrected chi connectivity index (χ1v) is 7.49. The number of hydrogen-bond donors (Lipinski definition) is 2. The third-order valence-electron chi connectivity index (χ3n) is 4.02. The number of amides is 1. The molecule has 0 bridgehead atoms. The topological polar surface area (TPSA) is 64.4 Å². The summed E-state index contributed by atoms with van der Waals surface area (Å²) < 4.78 is 5.75. The first kappa shape index (κ1) is 14.6. The van der Waals surface area contributed by atoms with Gasteiger partial charge in [0.2, 0.25) is 5.91 Å². The Morgan fingerprint density at radius 3 is 2.32 bits per heavy atom. The van der Waals surface area contributed by atoms with Gasteiger partial charge in [0.05, 0.1) is 5.54 Å². The molecule has 0 atom stereocenters. The van der Waals surface area contributed by atoms with Crippen molar-refractivity contribution in [1.29, 1.82) is 0 Å². The standard InChI is InChI=1S/C18H20N2O2/c19-17(21)18(10-11-18)20-12-14-6-8-16(9-7-14)22-13-15-4-2-1-3-5-15/h1-9,20H,10-13H2,(H2,19,21). The summed E-state index contributed by atoms with van der Waals surface area (Å²) in [6, 6.07) is 18.0. The molecule has 3 N–H and O–H groups in total. The van der Waals surface area contributed by atoms with E-state index in [1.807, 2.05) is 54.6 Å². The summed E-state index contributed by atoms with van der Waals surface area (Å²) in [5, 5.41) is 3.25. The van der Waals surface area contributed by atoms with Crippen LogP contribution in [0.3, 0.4) is 0 Å². The predicted molar refractivity (Wildman–Crippen MR) is 85.2 cm³/mol. The molecule has 1 saturated carbocycles. The van der Waals surface area contributed by atoms with Crippen molar-refractivity contribution in [3.8, 4) is 5.75 Å². The van der Waals surface area contributed by atoms with Crippen molar-refractivity contribution in [2.75, 3.05) is 0 Å². The molecule has 0 radical (unpaired) electrons. The Bertz CT molecular complexity index is 634. The van der Waals surface area contributed by atoms with Crippen LogP contribution < -0.4 is 15.8 Å². The minimum atomic E-state index is -0.470. The van der Waals surface area contributed by atoms with E-state index in [-0.39, 0.29) is 5.91 Å². The SMILES string of the molecule is NC(=O)C1(NCc2ccc(OCc3ccccc3)cc2)CC1. The highest BCUT2D eigenvalue weighted by atomic mass is 16.5. The molecule has 1 fully saturated rings. The van der Waals surface area contributed by atoms with E-state index < -0.39 is 5.54 Å². The zero-order chi connectivity index (χ0) is 15.4. The molecule has 4 heteroatoms. The summed E-state index contributed by atoms with van der Waals surface area (Å²) >= 11 is 0. The van der Waals surface area contributed by atoms with Gasteiger partial charge in [0.15, 0.2) is 0 Å². The van der Waals surface area contributed by atoms with Gasteiger partial charge in [-0.05, 0) is 36.1 Å². The van der Waals surface area contributed by atoms with E-state index in [0.29, 0.717) is 13.2 Å². The molecular weight excluding hydrogens is 276 g/mol. The van der Waals surface area contributed by atoms with Gasteiger partial charge in [-0.1, -0.05) is 42.5 Å². The molecule has 0 saturated heterocycles. The highest BCUT2D eigenvalue weighted by molar-refractivity contribution is 5.87. The quantitative estimate of drug-likeness (QED) is 0.824. The van der Waals surface area contributed by atoms with Crippen molar-refractivity contribution in [1.82, 2.24) is 5.32 Å². The molecule has 1 aliphatic carbocycles. The number of primary amides is 1. The molecule has 0 spiro atoms. The van der Waals surface area contributed by atoms with Gasteiger partial charge in [0, 0.05) is 6.54 Å². The maximum absolute atomic E-state index is 11.3. The predicted octanol–water partition coefficient (Wildman–Crippen LogP) is 2.37. The molecular formula is C18H20N2O2. The summed E-state index contributed by atoms with van der Waals surface area (Å²) in [6.45, 7) is 1.20. The second-order valence-electron chi connectivity index (χ2n) is 5.72. The largest absolute Gasteiger partial charge is 0.489 e. The van der Waals surface area contributed by atoms with Gasteiger partial charge >= 0.3 is 0 Å².